The molecular formula is C10H23NO2. The summed E-state index contributed by atoms with van der Waals surface area (Å²) in [5.41, 5.74) is 5.70. The van der Waals surface area contributed by atoms with E-state index in [1.165, 1.54) is 0 Å². The molecule has 2 unspecified atom stereocenters. The molecule has 0 radical (unpaired) electrons. The van der Waals surface area contributed by atoms with Crippen molar-refractivity contribution in [1.82, 2.24) is 0 Å². The summed E-state index contributed by atoms with van der Waals surface area (Å²) < 4.78 is 0. The van der Waals surface area contributed by atoms with Crippen LogP contribution in [-0.2, 0) is 0 Å². The molecule has 0 aliphatic carbocycles. The van der Waals surface area contributed by atoms with Crippen molar-refractivity contribution in [3.63, 3.8) is 0 Å². The van der Waals surface area contributed by atoms with Crippen molar-refractivity contribution in [3.8, 4) is 0 Å². The summed E-state index contributed by atoms with van der Waals surface area (Å²) in [4.78, 5) is 0. The maximum atomic E-state index is 8.91. The van der Waals surface area contributed by atoms with Gasteiger partial charge in [0.2, 0.25) is 0 Å². The van der Waals surface area contributed by atoms with Crippen LogP contribution in [0.4, 0.5) is 0 Å². The Bertz CT molecular complexity index is 113. The van der Waals surface area contributed by atoms with Crippen LogP contribution >= 0.6 is 0 Å². The third-order valence-electron chi connectivity index (χ3n) is 2.47. The molecule has 3 heteroatoms. The fourth-order valence-electron chi connectivity index (χ4n) is 1.63. The summed E-state index contributed by atoms with van der Waals surface area (Å²) >= 11 is 0. The molecule has 0 spiro atoms. The molecule has 0 amide bonds. The molecule has 0 rings (SSSR count). The van der Waals surface area contributed by atoms with Gasteiger partial charge in [-0.05, 0) is 25.7 Å². The van der Waals surface area contributed by atoms with E-state index < -0.39 is 0 Å². The zero-order valence-electron chi connectivity index (χ0n) is 8.74. The molecular weight excluding hydrogens is 166 g/mol. The summed E-state index contributed by atoms with van der Waals surface area (Å²) in [7, 11) is 0. The van der Waals surface area contributed by atoms with E-state index in [1.54, 1.807) is 0 Å². The van der Waals surface area contributed by atoms with Gasteiger partial charge in [-0.2, -0.15) is 0 Å². The van der Waals surface area contributed by atoms with Crippen LogP contribution in [0.5, 0.6) is 0 Å². The minimum Gasteiger partial charge on any atom is -0.396 e. The van der Waals surface area contributed by atoms with Gasteiger partial charge in [0.1, 0.15) is 0 Å². The number of rotatable bonds is 7. The molecule has 3 nitrogen and oxygen atoms in total. The molecule has 0 aliphatic heterocycles. The van der Waals surface area contributed by atoms with E-state index >= 15 is 0 Å². The highest BCUT2D eigenvalue weighted by Gasteiger charge is 2.15. The van der Waals surface area contributed by atoms with Crippen molar-refractivity contribution in [2.45, 2.75) is 39.2 Å². The maximum absolute atomic E-state index is 8.91. The molecule has 0 heterocycles. The van der Waals surface area contributed by atoms with Gasteiger partial charge in [0.15, 0.2) is 0 Å². The highest BCUT2D eigenvalue weighted by atomic mass is 16.3. The molecule has 2 atom stereocenters. The standard InChI is InChI=1S/C10H23NO2/c1-3-9(4-8(2)11)5-10(6-12)7-13/h8-10,12-13H,3-7,11H2,1-2H3. The lowest BCUT2D eigenvalue weighted by Gasteiger charge is -2.21. The highest BCUT2D eigenvalue weighted by molar-refractivity contribution is 4.68. The number of aliphatic hydroxyl groups excluding tert-OH is 2. The van der Waals surface area contributed by atoms with E-state index in [4.69, 9.17) is 15.9 Å². The molecule has 0 fully saturated rings. The van der Waals surface area contributed by atoms with Gasteiger partial charge in [-0.25, -0.2) is 0 Å². The van der Waals surface area contributed by atoms with Gasteiger partial charge in [0.25, 0.3) is 0 Å². The summed E-state index contributed by atoms with van der Waals surface area (Å²) in [5.74, 6) is 0.563. The molecule has 0 aliphatic rings. The lowest BCUT2D eigenvalue weighted by atomic mass is 9.89. The second-order valence-electron chi connectivity index (χ2n) is 3.95. The second kappa shape index (κ2) is 7.30. The van der Waals surface area contributed by atoms with E-state index in [0.29, 0.717) is 5.92 Å². The Labute approximate surface area is 81.0 Å². The van der Waals surface area contributed by atoms with Crippen molar-refractivity contribution >= 4 is 0 Å². The Hall–Kier alpha value is -0.120. The van der Waals surface area contributed by atoms with Crippen LogP contribution in [0, 0.1) is 11.8 Å². The molecule has 0 aromatic carbocycles. The Balaban J connectivity index is 3.80. The predicted molar refractivity (Wildman–Crippen MR) is 54.3 cm³/mol. The Morgan fingerprint density at radius 1 is 1.08 bits per heavy atom. The van der Waals surface area contributed by atoms with Crippen LogP contribution in [0.1, 0.15) is 33.1 Å². The van der Waals surface area contributed by atoms with Gasteiger partial charge in [-0.1, -0.05) is 13.3 Å². The van der Waals surface area contributed by atoms with Crippen LogP contribution in [0.15, 0.2) is 0 Å². The number of hydrogen-bond donors (Lipinski definition) is 3. The van der Waals surface area contributed by atoms with Gasteiger partial charge in [0, 0.05) is 25.2 Å². The first-order chi connectivity index (χ1) is 6.13. The van der Waals surface area contributed by atoms with Crippen LogP contribution < -0.4 is 5.73 Å². The van der Waals surface area contributed by atoms with Crippen molar-refractivity contribution in [1.29, 1.82) is 0 Å². The molecule has 0 bridgehead atoms. The van der Waals surface area contributed by atoms with E-state index in [0.717, 1.165) is 19.3 Å². The van der Waals surface area contributed by atoms with Gasteiger partial charge in [-0.3, -0.25) is 0 Å². The summed E-state index contributed by atoms with van der Waals surface area (Å²) in [6.07, 6.45) is 2.93. The fraction of sp³-hybridized carbons (Fsp3) is 1.00. The molecule has 4 N–H and O–H groups in total. The summed E-state index contributed by atoms with van der Waals surface area (Å²) in [6, 6.07) is 0.211. The number of aliphatic hydroxyl groups is 2. The van der Waals surface area contributed by atoms with Gasteiger partial charge < -0.3 is 15.9 Å². The normalized spacial score (nSPS) is 16.2. The van der Waals surface area contributed by atoms with Crippen molar-refractivity contribution in [2.24, 2.45) is 17.6 Å². The van der Waals surface area contributed by atoms with Crippen molar-refractivity contribution in [2.75, 3.05) is 13.2 Å². The van der Waals surface area contributed by atoms with Crippen LogP contribution in [0.25, 0.3) is 0 Å². The molecule has 13 heavy (non-hydrogen) atoms. The van der Waals surface area contributed by atoms with Crippen molar-refractivity contribution in [3.05, 3.63) is 0 Å². The van der Waals surface area contributed by atoms with E-state index in [2.05, 4.69) is 6.92 Å². The predicted octanol–water partition coefficient (Wildman–Crippen LogP) is 0.741. The van der Waals surface area contributed by atoms with E-state index in [9.17, 15) is 0 Å². The first kappa shape index (κ1) is 12.9. The number of nitrogens with two attached hydrogens (primary N) is 1. The minimum absolute atomic E-state index is 0.0312. The summed E-state index contributed by atoms with van der Waals surface area (Å²) in [6.45, 7) is 4.27. The average molecular weight is 189 g/mol. The fourth-order valence-corrected chi connectivity index (χ4v) is 1.63. The minimum atomic E-state index is 0.0312. The van der Waals surface area contributed by atoms with Gasteiger partial charge in [-0.15, -0.1) is 0 Å². The Morgan fingerprint density at radius 3 is 1.92 bits per heavy atom. The van der Waals surface area contributed by atoms with Gasteiger partial charge >= 0.3 is 0 Å². The van der Waals surface area contributed by atoms with Crippen LogP contribution in [0.3, 0.4) is 0 Å². The van der Waals surface area contributed by atoms with Crippen molar-refractivity contribution < 1.29 is 10.2 Å². The Kier molecular flexibility index (Phi) is 7.23. The van der Waals surface area contributed by atoms with Crippen LogP contribution in [-0.4, -0.2) is 29.5 Å². The monoisotopic (exact) mass is 189 g/mol. The third kappa shape index (κ3) is 6.02. The molecule has 0 saturated carbocycles. The topological polar surface area (TPSA) is 66.5 Å². The zero-order valence-corrected chi connectivity index (χ0v) is 8.74. The SMILES string of the molecule is CCC(CC(C)N)CC(CO)CO. The number of hydrogen-bond acceptors (Lipinski definition) is 3. The summed E-state index contributed by atoms with van der Waals surface area (Å²) in [5, 5.41) is 17.8. The average Bonchev–Trinajstić information content (AvgIpc) is 2.11. The molecule has 0 aromatic heterocycles. The third-order valence-corrected chi connectivity index (χ3v) is 2.47. The second-order valence-corrected chi connectivity index (χ2v) is 3.95. The highest BCUT2D eigenvalue weighted by Crippen LogP contribution is 2.19. The first-order valence-corrected chi connectivity index (χ1v) is 5.11. The molecule has 0 saturated heterocycles. The lowest BCUT2D eigenvalue weighted by Crippen LogP contribution is -2.23. The smallest absolute Gasteiger partial charge is 0.0481 e. The maximum Gasteiger partial charge on any atom is 0.0481 e. The van der Waals surface area contributed by atoms with E-state index in [1.807, 2.05) is 6.92 Å². The first-order valence-electron chi connectivity index (χ1n) is 5.11. The van der Waals surface area contributed by atoms with E-state index in [-0.39, 0.29) is 25.2 Å². The van der Waals surface area contributed by atoms with Gasteiger partial charge in [0.05, 0.1) is 0 Å². The zero-order chi connectivity index (χ0) is 10.3. The van der Waals surface area contributed by atoms with Crippen LogP contribution in [0.2, 0.25) is 0 Å². The largest absolute Gasteiger partial charge is 0.396 e. The lowest BCUT2D eigenvalue weighted by molar-refractivity contribution is 0.126. The molecule has 0 aromatic rings. The molecule has 80 valence electrons. The quantitative estimate of drug-likeness (QED) is 0.553. The Morgan fingerprint density at radius 2 is 1.62 bits per heavy atom.